The van der Waals surface area contributed by atoms with Crippen LogP contribution in [0.5, 0.6) is 0 Å². The maximum atomic E-state index is 14.3. The lowest BCUT2D eigenvalue weighted by Crippen LogP contribution is -2.59. The number of amides is 2. The van der Waals surface area contributed by atoms with E-state index in [1.807, 2.05) is 18.7 Å². The lowest BCUT2D eigenvalue weighted by Gasteiger charge is -2.40. The van der Waals surface area contributed by atoms with Gasteiger partial charge in [-0.2, -0.15) is 0 Å². The first-order valence-electron chi connectivity index (χ1n) is 14.2. The van der Waals surface area contributed by atoms with Gasteiger partial charge >= 0.3 is 0 Å². The summed E-state index contributed by atoms with van der Waals surface area (Å²) in [6, 6.07) is 3.04. The number of rotatable bonds is 10. The minimum absolute atomic E-state index is 0.123. The molecule has 0 spiro atoms. The van der Waals surface area contributed by atoms with Gasteiger partial charge in [-0.1, -0.05) is 19.9 Å². The van der Waals surface area contributed by atoms with E-state index in [4.69, 9.17) is 9.47 Å². The Morgan fingerprint density at radius 2 is 1.90 bits per heavy atom. The van der Waals surface area contributed by atoms with E-state index in [9.17, 15) is 34.4 Å². The van der Waals surface area contributed by atoms with Crippen molar-refractivity contribution < 1.29 is 43.9 Å². The average molecular weight is 580 g/mol. The summed E-state index contributed by atoms with van der Waals surface area (Å²) >= 11 is 0. The molecule has 3 aliphatic rings. The molecule has 0 bridgehead atoms. The van der Waals surface area contributed by atoms with E-state index in [1.165, 1.54) is 12.1 Å². The van der Waals surface area contributed by atoms with Crippen molar-refractivity contribution in [2.45, 2.75) is 95.0 Å². The summed E-state index contributed by atoms with van der Waals surface area (Å²) in [5, 5.41) is 46.0. The fourth-order valence-corrected chi connectivity index (χ4v) is 5.73. The van der Waals surface area contributed by atoms with Crippen LogP contribution in [0.25, 0.3) is 5.57 Å². The number of hydrogen-bond donors (Lipinski definition) is 6. The average Bonchev–Trinajstić information content (AvgIpc) is 3.55. The molecule has 1 aromatic rings. The van der Waals surface area contributed by atoms with E-state index in [0.29, 0.717) is 18.5 Å². The topological polar surface area (TPSA) is 161 Å². The predicted octanol–water partition coefficient (Wildman–Crippen LogP) is 0.210. The van der Waals surface area contributed by atoms with Crippen LogP contribution in [0.15, 0.2) is 24.3 Å². The molecule has 6 N–H and O–H groups in total. The third kappa shape index (κ3) is 6.64. The van der Waals surface area contributed by atoms with Gasteiger partial charge in [0.05, 0.1) is 12.6 Å². The van der Waals surface area contributed by atoms with Gasteiger partial charge in [-0.15, -0.1) is 0 Å². The first-order valence-corrected chi connectivity index (χ1v) is 14.2. The first-order chi connectivity index (χ1) is 19.5. The number of nitrogens with one attached hydrogen (secondary N) is 2. The second-order valence-electron chi connectivity index (χ2n) is 11.4. The number of ether oxygens (including phenoxy) is 2. The molecule has 4 rings (SSSR count). The molecule has 11 nitrogen and oxygen atoms in total. The molecule has 1 aliphatic carbocycles. The van der Waals surface area contributed by atoms with Gasteiger partial charge < -0.3 is 45.4 Å². The summed E-state index contributed by atoms with van der Waals surface area (Å²) in [4.78, 5) is 28.1. The van der Waals surface area contributed by atoms with E-state index in [1.54, 1.807) is 26.1 Å². The zero-order valence-corrected chi connectivity index (χ0v) is 23.9. The first kappa shape index (κ1) is 31.5. The molecule has 2 amide bonds. The monoisotopic (exact) mass is 579 g/mol. The van der Waals surface area contributed by atoms with Gasteiger partial charge in [0, 0.05) is 12.6 Å². The van der Waals surface area contributed by atoms with Crippen molar-refractivity contribution in [1.82, 2.24) is 15.5 Å². The summed E-state index contributed by atoms with van der Waals surface area (Å²) in [6.07, 6.45) is -4.30. The minimum Gasteiger partial charge on any atom is -0.394 e. The number of halogens is 1. The summed E-state index contributed by atoms with van der Waals surface area (Å²) in [5.41, 5.74) is 2.06. The van der Waals surface area contributed by atoms with Crippen molar-refractivity contribution in [1.29, 1.82) is 0 Å². The van der Waals surface area contributed by atoms with E-state index in [0.717, 1.165) is 24.0 Å². The predicted molar refractivity (Wildman–Crippen MR) is 147 cm³/mol. The summed E-state index contributed by atoms with van der Waals surface area (Å²) in [6.45, 7) is 5.47. The van der Waals surface area contributed by atoms with Gasteiger partial charge in [-0.05, 0) is 74.1 Å². The highest BCUT2D eigenvalue weighted by Gasteiger charge is 2.45. The van der Waals surface area contributed by atoms with Crippen molar-refractivity contribution in [3.63, 3.8) is 0 Å². The molecule has 0 saturated carbocycles. The van der Waals surface area contributed by atoms with Gasteiger partial charge in [-0.25, -0.2) is 4.39 Å². The fourth-order valence-electron chi connectivity index (χ4n) is 5.73. The quantitative estimate of drug-likeness (QED) is 0.228. The maximum absolute atomic E-state index is 14.3. The minimum atomic E-state index is -1.61. The maximum Gasteiger partial charge on any atom is 0.245 e. The molecular formula is C29H42FN3O8. The SMILES string of the molecule is CN[C@@H](C)C(=O)N[C@H](C(=O)N1CCC[C@H]1CC1=CC(OC2O[C@H](CO)[C@@H](O)[C@H](O)[C@H]2O)c2cc(F)ccc21)C(C)C. The van der Waals surface area contributed by atoms with Gasteiger partial charge in [0.1, 0.15) is 42.4 Å². The lowest BCUT2D eigenvalue weighted by molar-refractivity contribution is -0.308. The molecule has 0 aromatic heterocycles. The summed E-state index contributed by atoms with van der Waals surface area (Å²) in [7, 11) is 1.68. The lowest BCUT2D eigenvalue weighted by atomic mass is 9.97. The highest BCUT2D eigenvalue weighted by Crippen LogP contribution is 2.42. The van der Waals surface area contributed by atoms with Crippen LogP contribution in [-0.4, -0.2) is 106 Å². The second kappa shape index (κ2) is 13.2. The Hall–Kier alpha value is -2.45. The number of likely N-dealkylation sites (tertiary alicyclic amines) is 1. The molecule has 2 aliphatic heterocycles. The molecule has 2 saturated heterocycles. The zero-order valence-electron chi connectivity index (χ0n) is 23.9. The van der Waals surface area contributed by atoms with Crippen molar-refractivity contribution >= 4 is 17.4 Å². The number of carbonyl (C=O) groups is 2. The van der Waals surface area contributed by atoms with Crippen LogP contribution in [0, 0.1) is 11.7 Å². The largest absolute Gasteiger partial charge is 0.394 e. The molecule has 0 radical (unpaired) electrons. The molecule has 2 heterocycles. The third-order valence-corrected chi connectivity index (χ3v) is 8.32. The number of hydrogen-bond acceptors (Lipinski definition) is 9. The van der Waals surface area contributed by atoms with Crippen LogP contribution < -0.4 is 10.6 Å². The van der Waals surface area contributed by atoms with Crippen molar-refractivity contribution in [3.8, 4) is 0 Å². The molecular weight excluding hydrogens is 537 g/mol. The number of aliphatic hydroxyl groups excluding tert-OH is 4. The summed E-state index contributed by atoms with van der Waals surface area (Å²) < 4.78 is 25.8. The fraction of sp³-hybridized carbons (Fsp3) is 0.655. The summed E-state index contributed by atoms with van der Waals surface area (Å²) in [5.74, 6) is -1.00. The number of likely N-dealkylation sites (N-methyl/N-ethyl adjacent to an activating group) is 1. The standard InChI is InChI=1S/C29H42FN3O8/c1-14(2)23(32-27(38)15(3)31-4)28(39)33-9-5-6-18(33)10-16-11-21(20-12-17(30)7-8-19(16)20)40-29-26(37)25(36)24(35)22(13-34)41-29/h7-8,11-12,14-15,18,21-26,29,31,34-37H,5-6,9-10,13H2,1-4H3,(H,32,38)/t15-,18-,21?,22+,23-,24+,25-,26+,29?/m0/s1. The van der Waals surface area contributed by atoms with Gasteiger partial charge in [-0.3, -0.25) is 9.59 Å². The van der Waals surface area contributed by atoms with E-state index >= 15 is 0 Å². The smallest absolute Gasteiger partial charge is 0.245 e. The van der Waals surface area contributed by atoms with Gasteiger partial charge in [0.25, 0.3) is 0 Å². The van der Waals surface area contributed by atoms with Crippen LogP contribution in [0.1, 0.15) is 57.3 Å². The van der Waals surface area contributed by atoms with Crippen LogP contribution in [0.4, 0.5) is 4.39 Å². The number of benzene rings is 1. The third-order valence-electron chi connectivity index (χ3n) is 8.32. The highest BCUT2D eigenvalue weighted by molar-refractivity contribution is 5.90. The number of fused-ring (bicyclic) bond motifs is 1. The Morgan fingerprint density at radius 1 is 1.17 bits per heavy atom. The zero-order chi connectivity index (χ0) is 30.0. The van der Waals surface area contributed by atoms with E-state index in [2.05, 4.69) is 10.6 Å². The van der Waals surface area contributed by atoms with Gasteiger partial charge in [0.2, 0.25) is 11.8 Å². The number of nitrogens with zero attached hydrogens (tertiary/aromatic N) is 1. The molecule has 41 heavy (non-hydrogen) atoms. The van der Waals surface area contributed by atoms with E-state index in [-0.39, 0.29) is 23.8 Å². The Labute approximate surface area is 239 Å². The number of carbonyl (C=O) groups excluding carboxylic acids is 2. The van der Waals surface area contributed by atoms with Crippen LogP contribution in [0.3, 0.4) is 0 Å². The molecule has 2 unspecified atom stereocenters. The van der Waals surface area contributed by atoms with E-state index < -0.39 is 61.3 Å². The van der Waals surface area contributed by atoms with Crippen LogP contribution >= 0.6 is 0 Å². The van der Waals surface area contributed by atoms with Crippen molar-refractivity contribution in [3.05, 3.63) is 41.2 Å². The normalized spacial score (nSPS) is 31.1. The van der Waals surface area contributed by atoms with Crippen molar-refractivity contribution in [2.75, 3.05) is 20.2 Å². The molecule has 1 aromatic carbocycles. The molecule has 228 valence electrons. The highest BCUT2D eigenvalue weighted by atomic mass is 19.1. The molecule has 9 atom stereocenters. The molecule has 12 heteroatoms. The Balaban J connectivity index is 1.53. The van der Waals surface area contributed by atoms with Gasteiger partial charge in [0.15, 0.2) is 6.29 Å². The second-order valence-corrected chi connectivity index (χ2v) is 11.4. The Morgan fingerprint density at radius 3 is 2.56 bits per heavy atom. The Kier molecular flexibility index (Phi) is 10.2. The van der Waals surface area contributed by atoms with Crippen LogP contribution in [-0.2, 0) is 19.1 Å². The molecule has 2 fully saturated rings. The Bertz CT molecular complexity index is 1130. The van der Waals surface area contributed by atoms with Crippen LogP contribution in [0.2, 0.25) is 0 Å². The number of aliphatic hydroxyl groups is 4. The van der Waals surface area contributed by atoms with Crippen molar-refractivity contribution in [2.24, 2.45) is 5.92 Å².